The van der Waals surface area contributed by atoms with E-state index in [1.165, 1.54) is 11.2 Å². The Balaban J connectivity index is 2.07. The molecule has 1 aliphatic rings. The van der Waals surface area contributed by atoms with Crippen LogP contribution in [0.4, 0.5) is 19.0 Å². The molecule has 0 spiro atoms. The van der Waals surface area contributed by atoms with Gasteiger partial charge in [0.15, 0.2) is 21.3 Å². The number of imidazole rings is 1. The third-order valence-corrected chi connectivity index (χ3v) is 4.77. The fraction of sp³-hybridized carbons (Fsp3) is 0.500. The molecule has 0 atom stereocenters. The fourth-order valence-corrected chi connectivity index (χ4v) is 3.30. The van der Waals surface area contributed by atoms with Gasteiger partial charge < -0.3 is 9.88 Å². The Labute approximate surface area is 117 Å². The highest BCUT2D eigenvalue weighted by atomic mass is 32.2. The van der Waals surface area contributed by atoms with Crippen LogP contribution in [0.3, 0.4) is 0 Å². The predicted octanol–water partition coefficient (Wildman–Crippen LogP) is 0.606. The molecule has 0 amide bonds. The average molecular weight is 321 g/mol. The molecule has 0 aromatic carbocycles. The Morgan fingerprint density at radius 2 is 1.86 bits per heavy atom. The number of rotatable bonds is 1. The summed E-state index contributed by atoms with van der Waals surface area (Å²) in [5.41, 5.74) is 0.169. The molecule has 11 heteroatoms. The summed E-state index contributed by atoms with van der Waals surface area (Å²) in [6, 6.07) is 0. The van der Waals surface area contributed by atoms with Crippen LogP contribution in [0.25, 0.3) is 11.2 Å². The minimum atomic E-state index is -4.69. The molecule has 0 aliphatic carbocycles. The highest BCUT2D eigenvalue weighted by molar-refractivity contribution is 7.91. The summed E-state index contributed by atoms with van der Waals surface area (Å²) >= 11 is 0. The molecule has 2 aromatic rings. The van der Waals surface area contributed by atoms with Crippen LogP contribution >= 0.6 is 0 Å². The predicted molar refractivity (Wildman–Crippen MR) is 67.6 cm³/mol. The molecule has 1 N–H and O–H groups in total. The van der Waals surface area contributed by atoms with Crippen LogP contribution in [0.2, 0.25) is 0 Å². The quantitative estimate of drug-likeness (QED) is 0.827. The van der Waals surface area contributed by atoms with E-state index in [-0.39, 0.29) is 41.6 Å². The zero-order valence-corrected chi connectivity index (χ0v) is 11.4. The minimum absolute atomic E-state index is 0.0275. The third kappa shape index (κ3) is 2.64. The monoisotopic (exact) mass is 321 g/mol. The van der Waals surface area contributed by atoms with Crippen molar-refractivity contribution in [2.45, 2.75) is 6.18 Å². The van der Waals surface area contributed by atoms with Crippen molar-refractivity contribution in [3.05, 3.63) is 12.2 Å². The first-order valence-corrected chi connectivity index (χ1v) is 7.82. The van der Waals surface area contributed by atoms with Gasteiger partial charge in [-0.05, 0) is 0 Å². The van der Waals surface area contributed by atoms with Crippen molar-refractivity contribution < 1.29 is 21.6 Å². The SMILES string of the molecule is O=S1(=O)CCN(c2nc(C(F)(F)F)nc3nc[nH]c23)CC1. The highest BCUT2D eigenvalue weighted by Gasteiger charge is 2.37. The summed E-state index contributed by atoms with van der Waals surface area (Å²) in [4.78, 5) is 14.8. The van der Waals surface area contributed by atoms with Gasteiger partial charge in [-0.25, -0.2) is 23.4 Å². The maximum atomic E-state index is 12.8. The van der Waals surface area contributed by atoms with Crippen LogP contribution < -0.4 is 4.90 Å². The normalized spacial score (nSPS) is 19.1. The first-order valence-electron chi connectivity index (χ1n) is 6.00. The average Bonchev–Trinajstić information content (AvgIpc) is 2.85. The fourth-order valence-electron chi connectivity index (χ4n) is 2.10. The summed E-state index contributed by atoms with van der Waals surface area (Å²) in [7, 11) is -3.14. The van der Waals surface area contributed by atoms with E-state index < -0.39 is 21.8 Å². The largest absolute Gasteiger partial charge is 0.451 e. The smallest absolute Gasteiger partial charge is 0.353 e. The van der Waals surface area contributed by atoms with Gasteiger partial charge in [0.2, 0.25) is 5.82 Å². The molecule has 1 aliphatic heterocycles. The van der Waals surface area contributed by atoms with Crippen molar-refractivity contribution in [1.29, 1.82) is 0 Å². The molecule has 3 heterocycles. The van der Waals surface area contributed by atoms with E-state index in [0.717, 1.165) is 0 Å². The first-order chi connectivity index (χ1) is 9.76. The van der Waals surface area contributed by atoms with Gasteiger partial charge in [-0.1, -0.05) is 0 Å². The minimum Gasteiger partial charge on any atom is -0.353 e. The molecule has 2 aromatic heterocycles. The number of hydrogen-bond acceptors (Lipinski definition) is 6. The summed E-state index contributed by atoms with van der Waals surface area (Å²) < 4.78 is 61.3. The maximum Gasteiger partial charge on any atom is 0.451 e. The van der Waals surface area contributed by atoms with Crippen molar-refractivity contribution in [2.24, 2.45) is 0 Å². The molecule has 0 unspecified atom stereocenters. The standard InChI is InChI=1S/C10H10F3N5O2S/c11-10(12,13)9-16-7-6(14-5-15-7)8(17-9)18-1-3-21(19,20)4-2-18/h5H,1-4H2,(H,14,15,16,17). The van der Waals surface area contributed by atoms with Crippen LogP contribution in [-0.2, 0) is 16.0 Å². The number of nitrogens with one attached hydrogen (secondary N) is 1. The summed E-state index contributed by atoms with van der Waals surface area (Å²) in [6.45, 7) is 0.176. The molecular weight excluding hydrogens is 311 g/mol. The van der Waals surface area contributed by atoms with E-state index in [4.69, 9.17) is 0 Å². The zero-order valence-electron chi connectivity index (χ0n) is 10.6. The Bertz CT molecular complexity index is 772. The van der Waals surface area contributed by atoms with Gasteiger partial charge in [0.05, 0.1) is 17.8 Å². The number of fused-ring (bicyclic) bond motifs is 1. The second-order valence-electron chi connectivity index (χ2n) is 4.61. The molecule has 21 heavy (non-hydrogen) atoms. The molecule has 3 rings (SSSR count). The van der Waals surface area contributed by atoms with Crippen molar-refractivity contribution >= 4 is 26.8 Å². The lowest BCUT2D eigenvalue weighted by molar-refractivity contribution is -0.144. The maximum absolute atomic E-state index is 12.8. The number of sulfone groups is 1. The van der Waals surface area contributed by atoms with E-state index in [9.17, 15) is 21.6 Å². The van der Waals surface area contributed by atoms with E-state index in [2.05, 4.69) is 19.9 Å². The van der Waals surface area contributed by atoms with Crippen LogP contribution in [0.15, 0.2) is 6.33 Å². The summed E-state index contributed by atoms with van der Waals surface area (Å²) in [6.07, 6.45) is -3.46. The molecule has 7 nitrogen and oxygen atoms in total. The lowest BCUT2D eigenvalue weighted by Crippen LogP contribution is -2.41. The second-order valence-corrected chi connectivity index (χ2v) is 6.91. The van der Waals surface area contributed by atoms with Crippen LogP contribution in [0.1, 0.15) is 5.82 Å². The van der Waals surface area contributed by atoms with Gasteiger partial charge in [-0.2, -0.15) is 13.2 Å². The van der Waals surface area contributed by atoms with Gasteiger partial charge >= 0.3 is 6.18 Å². The lowest BCUT2D eigenvalue weighted by atomic mass is 10.4. The Morgan fingerprint density at radius 3 is 2.48 bits per heavy atom. The molecule has 114 valence electrons. The van der Waals surface area contributed by atoms with E-state index >= 15 is 0 Å². The Morgan fingerprint density at radius 1 is 1.19 bits per heavy atom. The number of anilines is 1. The summed E-state index contributed by atoms with van der Waals surface area (Å²) in [5, 5.41) is 0. The molecule has 0 radical (unpaired) electrons. The Kier molecular flexibility index (Phi) is 3.04. The van der Waals surface area contributed by atoms with Gasteiger partial charge in [-0.15, -0.1) is 0 Å². The first kappa shape index (κ1) is 14.0. The highest BCUT2D eigenvalue weighted by Crippen LogP contribution is 2.30. The lowest BCUT2D eigenvalue weighted by Gasteiger charge is -2.28. The second kappa shape index (κ2) is 4.55. The number of hydrogen-bond donors (Lipinski definition) is 1. The van der Waals surface area contributed by atoms with E-state index in [1.807, 2.05) is 0 Å². The van der Waals surface area contributed by atoms with Crippen LogP contribution in [0.5, 0.6) is 0 Å². The van der Waals surface area contributed by atoms with Crippen molar-refractivity contribution in [1.82, 2.24) is 19.9 Å². The third-order valence-electron chi connectivity index (χ3n) is 3.16. The van der Waals surface area contributed by atoms with Crippen molar-refractivity contribution in [3.8, 4) is 0 Å². The van der Waals surface area contributed by atoms with E-state index in [1.54, 1.807) is 0 Å². The zero-order chi connectivity index (χ0) is 15.3. The van der Waals surface area contributed by atoms with E-state index in [0.29, 0.717) is 0 Å². The van der Waals surface area contributed by atoms with Crippen molar-refractivity contribution in [3.63, 3.8) is 0 Å². The number of alkyl halides is 3. The molecule has 0 bridgehead atoms. The molecule has 1 saturated heterocycles. The number of H-pyrrole nitrogens is 1. The number of aromatic amines is 1. The van der Waals surface area contributed by atoms with Crippen LogP contribution in [0, 0.1) is 0 Å². The van der Waals surface area contributed by atoms with Crippen LogP contribution in [-0.4, -0.2) is 52.9 Å². The summed E-state index contributed by atoms with van der Waals surface area (Å²) in [5.74, 6) is -1.49. The number of halogens is 3. The topological polar surface area (TPSA) is 91.8 Å². The van der Waals surface area contributed by atoms with Gasteiger partial charge in [0.25, 0.3) is 0 Å². The van der Waals surface area contributed by atoms with Gasteiger partial charge in [-0.3, -0.25) is 0 Å². The van der Waals surface area contributed by atoms with Gasteiger partial charge in [0, 0.05) is 13.1 Å². The van der Waals surface area contributed by atoms with Crippen molar-refractivity contribution in [2.75, 3.05) is 29.5 Å². The molecular formula is C10H10F3N5O2S. The number of aromatic nitrogens is 4. The molecule has 0 saturated carbocycles. The Hall–Kier alpha value is -1.91. The van der Waals surface area contributed by atoms with Gasteiger partial charge in [0.1, 0.15) is 5.52 Å². The molecule has 1 fully saturated rings. The number of nitrogens with zero attached hydrogens (tertiary/aromatic N) is 4.